The third-order valence-electron chi connectivity index (χ3n) is 4.85. The number of ether oxygens (including phenoxy) is 1. The van der Waals surface area contributed by atoms with Gasteiger partial charge in [0.15, 0.2) is 0 Å². The van der Waals surface area contributed by atoms with Gasteiger partial charge in [-0.1, -0.05) is 42.5 Å². The Morgan fingerprint density at radius 1 is 1.06 bits per heavy atom. The maximum atomic E-state index is 13.3. The van der Waals surface area contributed by atoms with Crippen LogP contribution in [-0.2, 0) is 20.9 Å². The smallest absolute Gasteiger partial charge is 0.408 e. The summed E-state index contributed by atoms with van der Waals surface area (Å²) in [5.41, 5.74) is 0.466. The number of nitrogens with one attached hydrogen (secondary N) is 2. The standard InChI is InChI=1S/C25H33N3O6/c1-5-28(23(32)20(16-29)27-24(33)34-25(2,3)4)21(18-12-9-13-19(30)14-18)22(31)26-15-17-10-7-6-8-11-17/h6-14,20-21,29-30H,5,15-16H2,1-4H3,(H,26,31)(H,27,33). The molecule has 0 fully saturated rings. The molecule has 0 aliphatic heterocycles. The zero-order valence-electron chi connectivity index (χ0n) is 19.9. The van der Waals surface area contributed by atoms with Crippen molar-refractivity contribution < 1.29 is 29.3 Å². The number of aliphatic hydroxyl groups excluding tert-OH is 1. The zero-order chi connectivity index (χ0) is 25.3. The molecule has 4 N–H and O–H groups in total. The highest BCUT2D eigenvalue weighted by molar-refractivity contribution is 5.92. The molecule has 9 heteroatoms. The van der Waals surface area contributed by atoms with Gasteiger partial charge in [0, 0.05) is 13.1 Å². The number of alkyl carbamates (subject to hydrolysis) is 1. The van der Waals surface area contributed by atoms with E-state index in [9.17, 15) is 24.6 Å². The Balaban J connectivity index is 2.31. The molecule has 34 heavy (non-hydrogen) atoms. The number of hydrogen-bond donors (Lipinski definition) is 4. The quantitative estimate of drug-likeness (QED) is 0.445. The number of nitrogens with zero attached hydrogens (tertiary/aromatic N) is 1. The summed E-state index contributed by atoms with van der Waals surface area (Å²) < 4.78 is 5.19. The van der Waals surface area contributed by atoms with E-state index in [-0.39, 0.29) is 18.8 Å². The molecule has 0 bridgehead atoms. The predicted octanol–water partition coefficient (Wildman–Crippen LogP) is 2.48. The molecule has 0 aliphatic carbocycles. The van der Waals surface area contributed by atoms with Crippen molar-refractivity contribution in [1.82, 2.24) is 15.5 Å². The van der Waals surface area contributed by atoms with Crippen LogP contribution in [0, 0.1) is 0 Å². The van der Waals surface area contributed by atoms with E-state index in [1.807, 2.05) is 30.3 Å². The van der Waals surface area contributed by atoms with Crippen molar-refractivity contribution >= 4 is 17.9 Å². The van der Waals surface area contributed by atoms with Crippen molar-refractivity contribution in [3.8, 4) is 5.75 Å². The number of carbonyl (C=O) groups excluding carboxylic acids is 3. The van der Waals surface area contributed by atoms with E-state index in [0.29, 0.717) is 5.56 Å². The molecule has 0 saturated heterocycles. The van der Waals surface area contributed by atoms with Gasteiger partial charge in [-0.3, -0.25) is 9.59 Å². The van der Waals surface area contributed by atoms with Crippen molar-refractivity contribution in [2.75, 3.05) is 13.2 Å². The number of hydrogen-bond acceptors (Lipinski definition) is 6. The van der Waals surface area contributed by atoms with Crippen LogP contribution < -0.4 is 10.6 Å². The van der Waals surface area contributed by atoms with Crippen molar-refractivity contribution in [1.29, 1.82) is 0 Å². The van der Waals surface area contributed by atoms with Gasteiger partial charge in [0.25, 0.3) is 0 Å². The fourth-order valence-electron chi connectivity index (χ4n) is 3.35. The minimum atomic E-state index is -1.32. The molecule has 0 radical (unpaired) electrons. The molecule has 184 valence electrons. The number of likely N-dealkylation sites (N-methyl/N-ethyl adjacent to an activating group) is 1. The molecule has 9 nitrogen and oxygen atoms in total. The molecule has 2 aromatic rings. The lowest BCUT2D eigenvalue weighted by Gasteiger charge is -2.33. The number of rotatable bonds is 9. The van der Waals surface area contributed by atoms with E-state index < -0.39 is 42.2 Å². The van der Waals surface area contributed by atoms with E-state index in [1.54, 1.807) is 39.8 Å². The van der Waals surface area contributed by atoms with Crippen LogP contribution in [0.25, 0.3) is 0 Å². The second kappa shape index (κ2) is 12.0. The highest BCUT2D eigenvalue weighted by atomic mass is 16.6. The van der Waals surface area contributed by atoms with E-state index in [1.165, 1.54) is 17.0 Å². The summed E-state index contributed by atoms with van der Waals surface area (Å²) >= 11 is 0. The van der Waals surface area contributed by atoms with Gasteiger partial charge in [0.1, 0.15) is 23.4 Å². The van der Waals surface area contributed by atoms with E-state index in [4.69, 9.17) is 4.74 Å². The average molecular weight is 472 g/mol. The second-order valence-corrected chi connectivity index (χ2v) is 8.71. The number of carbonyl (C=O) groups is 3. The molecule has 3 amide bonds. The van der Waals surface area contributed by atoms with E-state index >= 15 is 0 Å². The van der Waals surface area contributed by atoms with E-state index in [2.05, 4.69) is 10.6 Å². The zero-order valence-corrected chi connectivity index (χ0v) is 19.9. The van der Waals surface area contributed by atoms with Gasteiger partial charge in [-0.15, -0.1) is 0 Å². The monoisotopic (exact) mass is 471 g/mol. The first-order valence-electron chi connectivity index (χ1n) is 11.1. The molecule has 2 aromatic carbocycles. The highest BCUT2D eigenvalue weighted by Gasteiger charge is 2.35. The highest BCUT2D eigenvalue weighted by Crippen LogP contribution is 2.25. The molecular weight excluding hydrogens is 438 g/mol. The molecule has 2 unspecified atom stereocenters. The Morgan fingerprint density at radius 3 is 2.29 bits per heavy atom. The fraction of sp³-hybridized carbons (Fsp3) is 0.400. The van der Waals surface area contributed by atoms with Crippen LogP contribution in [0.15, 0.2) is 54.6 Å². The van der Waals surface area contributed by atoms with Gasteiger partial charge in [0.05, 0.1) is 6.61 Å². The Bertz CT molecular complexity index is 974. The van der Waals surface area contributed by atoms with Crippen LogP contribution in [-0.4, -0.2) is 57.8 Å². The van der Waals surface area contributed by atoms with Crippen LogP contribution >= 0.6 is 0 Å². The fourth-order valence-corrected chi connectivity index (χ4v) is 3.35. The molecule has 0 aliphatic rings. The summed E-state index contributed by atoms with van der Waals surface area (Å²) in [6.45, 7) is 6.36. The Labute approximate surface area is 199 Å². The van der Waals surface area contributed by atoms with Gasteiger partial charge >= 0.3 is 6.09 Å². The Hall–Kier alpha value is -3.59. The van der Waals surface area contributed by atoms with Crippen LogP contribution in [0.2, 0.25) is 0 Å². The number of aliphatic hydroxyl groups is 1. The second-order valence-electron chi connectivity index (χ2n) is 8.71. The Kier molecular flexibility index (Phi) is 9.44. The number of benzene rings is 2. The summed E-state index contributed by atoms with van der Waals surface area (Å²) in [6.07, 6.45) is -0.863. The molecule has 0 spiro atoms. The van der Waals surface area contributed by atoms with Crippen LogP contribution in [0.1, 0.15) is 44.9 Å². The number of phenolic OH excluding ortho intramolecular Hbond substituents is 1. The van der Waals surface area contributed by atoms with Gasteiger partial charge in [-0.2, -0.15) is 0 Å². The lowest BCUT2D eigenvalue weighted by molar-refractivity contribution is -0.143. The number of aromatic hydroxyl groups is 1. The average Bonchev–Trinajstić information content (AvgIpc) is 2.78. The first kappa shape index (κ1) is 26.7. The molecular formula is C25H33N3O6. The lowest BCUT2D eigenvalue weighted by Crippen LogP contribution is -2.54. The third-order valence-corrected chi connectivity index (χ3v) is 4.85. The normalized spacial score (nSPS) is 12.9. The van der Waals surface area contributed by atoms with Crippen molar-refractivity contribution in [2.45, 2.75) is 51.9 Å². The predicted molar refractivity (Wildman–Crippen MR) is 127 cm³/mol. The molecule has 0 aromatic heterocycles. The van der Waals surface area contributed by atoms with Gasteiger partial charge in [-0.05, 0) is 51.0 Å². The minimum absolute atomic E-state index is 0.0625. The van der Waals surface area contributed by atoms with Gasteiger partial charge in [-0.25, -0.2) is 4.79 Å². The van der Waals surface area contributed by atoms with E-state index in [0.717, 1.165) is 5.56 Å². The maximum absolute atomic E-state index is 13.3. The number of phenols is 1. The lowest BCUT2D eigenvalue weighted by atomic mass is 10.0. The summed E-state index contributed by atoms with van der Waals surface area (Å²) in [6, 6.07) is 12.9. The molecule has 2 atom stereocenters. The summed E-state index contributed by atoms with van der Waals surface area (Å²) in [5.74, 6) is -1.20. The molecule has 0 heterocycles. The van der Waals surface area contributed by atoms with Gasteiger partial charge < -0.3 is 30.5 Å². The SMILES string of the molecule is CCN(C(=O)C(CO)NC(=O)OC(C)(C)C)C(C(=O)NCc1ccccc1)c1cccc(O)c1. The maximum Gasteiger partial charge on any atom is 0.408 e. The van der Waals surface area contributed by atoms with Crippen LogP contribution in [0.5, 0.6) is 5.75 Å². The third kappa shape index (κ3) is 7.77. The van der Waals surface area contributed by atoms with Crippen molar-refractivity contribution in [2.24, 2.45) is 0 Å². The first-order chi connectivity index (χ1) is 16.1. The topological polar surface area (TPSA) is 128 Å². The first-order valence-corrected chi connectivity index (χ1v) is 11.1. The van der Waals surface area contributed by atoms with Crippen molar-refractivity contribution in [3.05, 3.63) is 65.7 Å². The summed E-state index contributed by atoms with van der Waals surface area (Å²) in [4.78, 5) is 40.1. The molecule has 0 saturated carbocycles. The van der Waals surface area contributed by atoms with Crippen LogP contribution in [0.4, 0.5) is 4.79 Å². The Morgan fingerprint density at radius 2 is 1.74 bits per heavy atom. The largest absolute Gasteiger partial charge is 0.508 e. The van der Waals surface area contributed by atoms with Gasteiger partial charge in [0.2, 0.25) is 11.8 Å². The minimum Gasteiger partial charge on any atom is -0.508 e. The van der Waals surface area contributed by atoms with Crippen molar-refractivity contribution in [3.63, 3.8) is 0 Å². The number of amides is 3. The molecule has 2 rings (SSSR count). The van der Waals surface area contributed by atoms with Crippen LogP contribution in [0.3, 0.4) is 0 Å². The summed E-state index contributed by atoms with van der Waals surface area (Å²) in [7, 11) is 0. The summed E-state index contributed by atoms with van der Waals surface area (Å²) in [5, 5.41) is 25.0.